The third-order valence-electron chi connectivity index (χ3n) is 2.50. The van der Waals surface area contributed by atoms with Crippen LogP contribution in [0.3, 0.4) is 0 Å². The number of ether oxygens (including phenoxy) is 1. The summed E-state index contributed by atoms with van der Waals surface area (Å²) in [7, 11) is 0. The Kier molecular flexibility index (Phi) is 3.48. The number of benzene rings is 2. The minimum atomic E-state index is -0.650. The van der Waals surface area contributed by atoms with Crippen LogP contribution in [0.25, 0.3) is 5.76 Å². The summed E-state index contributed by atoms with van der Waals surface area (Å²) in [5, 5.41) is 19.9. The fourth-order valence-corrected chi connectivity index (χ4v) is 1.53. The van der Waals surface area contributed by atoms with E-state index in [-0.39, 0.29) is 22.8 Å². The molecule has 0 aliphatic heterocycles. The van der Waals surface area contributed by atoms with E-state index in [4.69, 9.17) is 10.00 Å². The Morgan fingerprint density at radius 2 is 1.89 bits per heavy atom. The number of rotatable bonds is 3. The highest BCUT2D eigenvalue weighted by Gasteiger charge is 2.10. The first-order valence-corrected chi connectivity index (χ1v) is 5.44. The molecule has 0 aromatic heterocycles. The highest BCUT2D eigenvalue weighted by atomic mass is 19.1. The third-order valence-corrected chi connectivity index (χ3v) is 2.50. The van der Waals surface area contributed by atoms with Gasteiger partial charge in [0.25, 0.3) is 0 Å². The van der Waals surface area contributed by atoms with Crippen LogP contribution in [-0.2, 0) is 0 Å². The van der Waals surface area contributed by atoms with Gasteiger partial charge < -0.3 is 9.84 Å². The number of halogens is 1. The van der Waals surface area contributed by atoms with Gasteiger partial charge in [0.2, 0.25) is 0 Å². The summed E-state index contributed by atoms with van der Waals surface area (Å²) < 4.78 is 18.8. The quantitative estimate of drug-likeness (QED) is 0.791. The molecule has 2 rings (SSSR count). The maximum Gasteiger partial charge on any atom is 0.148 e. The molecular weight excluding hydrogens is 245 g/mol. The van der Waals surface area contributed by atoms with Crippen molar-refractivity contribution >= 4 is 5.76 Å². The fraction of sp³-hybridized carbons (Fsp3) is 0. The standard InChI is InChI=1S/C15H10FNO2/c1-10(11-5-7-12(18)8-6-11)19-15-4-2-3-14(16)13(15)9-17/h2-8,18H,1H2/p-1. The number of hydrogen-bond acceptors (Lipinski definition) is 3. The molecule has 19 heavy (non-hydrogen) atoms. The van der Waals surface area contributed by atoms with Crippen LogP contribution in [0.4, 0.5) is 4.39 Å². The van der Waals surface area contributed by atoms with Crippen molar-refractivity contribution in [3.05, 3.63) is 66.0 Å². The van der Waals surface area contributed by atoms with Gasteiger partial charge in [-0.05, 0) is 12.1 Å². The lowest BCUT2D eigenvalue weighted by atomic mass is 10.2. The fourth-order valence-electron chi connectivity index (χ4n) is 1.53. The van der Waals surface area contributed by atoms with Crippen LogP contribution < -0.4 is 9.84 Å². The zero-order chi connectivity index (χ0) is 13.8. The third kappa shape index (κ3) is 2.72. The lowest BCUT2D eigenvalue weighted by Gasteiger charge is -2.12. The van der Waals surface area contributed by atoms with Crippen molar-refractivity contribution in [1.82, 2.24) is 0 Å². The van der Waals surface area contributed by atoms with E-state index in [9.17, 15) is 9.50 Å². The SMILES string of the molecule is C=C(Oc1cccc(F)c1C#N)c1ccc([O-])cc1. The molecule has 0 aliphatic carbocycles. The summed E-state index contributed by atoms with van der Waals surface area (Å²) in [6.45, 7) is 3.70. The monoisotopic (exact) mass is 254 g/mol. The van der Waals surface area contributed by atoms with E-state index in [1.54, 1.807) is 18.2 Å². The van der Waals surface area contributed by atoms with E-state index in [0.29, 0.717) is 5.56 Å². The van der Waals surface area contributed by atoms with Crippen molar-refractivity contribution in [2.45, 2.75) is 0 Å². The number of nitriles is 1. The molecule has 2 aromatic carbocycles. The molecule has 3 nitrogen and oxygen atoms in total. The Labute approximate surface area is 109 Å². The van der Waals surface area contributed by atoms with Crippen LogP contribution in [0.2, 0.25) is 0 Å². The van der Waals surface area contributed by atoms with Crippen molar-refractivity contribution in [2.75, 3.05) is 0 Å². The first-order valence-electron chi connectivity index (χ1n) is 5.44. The van der Waals surface area contributed by atoms with E-state index in [1.807, 2.05) is 0 Å². The van der Waals surface area contributed by atoms with Crippen molar-refractivity contribution < 1.29 is 14.2 Å². The second kappa shape index (κ2) is 5.23. The molecule has 0 saturated heterocycles. The van der Waals surface area contributed by atoms with Gasteiger partial charge >= 0.3 is 0 Å². The van der Waals surface area contributed by atoms with E-state index in [2.05, 4.69) is 6.58 Å². The summed E-state index contributed by atoms with van der Waals surface area (Å²) in [5.41, 5.74) is 0.414. The summed E-state index contributed by atoms with van der Waals surface area (Å²) in [6, 6.07) is 11.7. The number of hydrogen-bond donors (Lipinski definition) is 0. The zero-order valence-corrected chi connectivity index (χ0v) is 9.89. The lowest BCUT2D eigenvalue weighted by Crippen LogP contribution is -1.97. The van der Waals surface area contributed by atoms with Crippen LogP contribution in [0.15, 0.2) is 49.0 Å². The molecule has 0 unspecified atom stereocenters. The van der Waals surface area contributed by atoms with Gasteiger partial charge in [0.1, 0.15) is 29.0 Å². The first-order chi connectivity index (χ1) is 9.11. The first kappa shape index (κ1) is 12.7. The molecule has 0 amide bonds. The van der Waals surface area contributed by atoms with Crippen molar-refractivity contribution in [2.24, 2.45) is 0 Å². The topological polar surface area (TPSA) is 56.1 Å². The van der Waals surface area contributed by atoms with Gasteiger partial charge in [0.05, 0.1) is 0 Å². The molecule has 4 heteroatoms. The van der Waals surface area contributed by atoms with Gasteiger partial charge in [-0.15, -0.1) is 5.75 Å². The molecule has 0 N–H and O–H groups in total. The molecule has 94 valence electrons. The van der Waals surface area contributed by atoms with Crippen molar-refractivity contribution in [3.8, 4) is 17.6 Å². The van der Waals surface area contributed by atoms with Gasteiger partial charge in [-0.2, -0.15) is 5.26 Å². The predicted octanol–water partition coefficient (Wildman–Crippen LogP) is 2.82. The second-order valence-electron chi connectivity index (χ2n) is 3.77. The lowest BCUT2D eigenvalue weighted by molar-refractivity contribution is -0.268. The Balaban J connectivity index is 2.27. The Morgan fingerprint density at radius 1 is 1.21 bits per heavy atom. The summed E-state index contributed by atoms with van der Waals surface area (Å²) >= 11 is 0. The Hall–Kier alpha value is -2.80. The molecule has 0 radical (unpaired) electrons. The highest BCUT2D eigenvalue weighted by molar-refractivity contribution is 5.61. The molecule has 0 spiro atoms. The molecule has 0 heterocycles. The summed E-state index contributed by atoms with van der Waals surface area (Å²) in [6.07, 6.45) is 0. The normalized spacial score (nSPS) is 9.68. The minimum Gasteiger partial charge on any atom is -0.872 e. The van der Waals surface area contributed by atoms with Crippen LogP contribution in [0.5, 0.6) is 11.5 Å². The van der Waals surface area contributed by atoms with Gasteiger partial charge in [0.15, 0.2) is 0 Å². The van der Waals surface area contributed by atoms with Crippen LogP contribution >= 0.6 is 0 Å². The maximum absolute atomic E-state index is 13.4. The van der Waals surface area contributed by atoms with E-state index < -0.39 is 5.82 Å². The second-order valence-corrected chi connectivity index (χ2v) is 3.77. The minimum absolute atomic E-state index is 0.0960. The van der Waals surface area contributed by atoms with Crippen LogP contribution in [0, 0.1) is 17.1 Å². The van der Waals surface area contributed by atoms with Gasteiger partial charge in [-0.1, -0.05) is 36.9 Å². The molecular formula is C15H9FNO2-. The molecule has 2 aromatic rings. The molecule has 0 saturated carbocycles. The summed E-state index contributed by atoms with van der Waals surface area (Å²) in [5.74, 6) is -0.441. The van der Waals surface area contributed by atoms with Crippen molar-refractivity contribution in [1.29, 1.82) is 5.26 Å². The molecule has 0 aliphatic rings. The van der Waals surface area contributed by atoms with Gasteiger partial charge in [0, 0.05) is 5.56 Å². The number of nitrogens with zero attached hydrogens (tertiary/aromatic N) is 1. The molecule has 0 atom stereocenters. The van der Waals surface area contributed by atoms with E-state index in [1.165, 1.54) is 30.3 Å². The highest BCUT2D eigenvalue weighted by Crippen LogP contribution is 2.25. The van der Waals surface area contributed by atoms with Gasteiger partial charge in [-0.25, -0.2) is 4.39 Å². The van der Waals surface area contributed by atoms with Crippen molar-refractivity contribution in [3.63, 3.8) is 0 Å². The zero-order valence-electron chi connectivity index (χ0n) is 9.89. The maximum atomic E-state index is 13.4. The predicted molar refractivity (Wildman–Crippen MR) is 66.7 cm³/mol. The van der Waals surface area contributed by atoms with E-state index >= 15 is 0 Å². The molecule has 0 bridgehead atoms. The largest absolute Gasteiger partial charge is 0.872 e. The Bertz CT molecular complexity index is 657. The summed E-state index contributed by atoms with van der Waals surface area (Å²) in [4.78, 5) is 0. The van der Waals surface area contributed by atoms with Crippen LogP contribution in [0.1, 0.15) is 11.1 Å². The Morgan fingerprint density at radius 3 is 2.53 bits per heavy atom. The smallest absolute Gasteiger partial charge is 0.148 e. The van der Waals surface area contributed by atoms with Crippen LogP contribution in [-0.4, -0.2) is 0 Å². The average molecular weight is 254 g/mol. The van der Waals surface area contributed by atoms with E-state index in [0.717, 1.165) is 0 Å². The average Bonchev–Trinajstić information content (AvgIpc) is 2.39. The molecule has 0 fully saturated rings. The van der Waals surface area contributed by atoms with Gasteiger partial charge in [-0.3, -0.25) is 0 Å².